The average Bonchev–Trinajstić information content (AvgIpc) is 2.50. The Bertz CT molecular complexity index is 654. The summed E-state index contributed by atoms with van der Waals surface area (Å²) in [7, 11) is 3.20. The highest BCUT2D eigenvalue weighted by Crippen LogP contribution is 2.37. The summed E-state index contributed by atoms with van der Waals surface area (Å²) in [6.45, 7) is 0. The first-order valence-electron chi connectivity index (χ1n) is 6.69. The molecule has 0 aliphatic heterocycles. The summed E-state index contributed by atoms with van der Waals surface area (Å²) >= 11 is 0. The van der Waals surface area contributed by atoms with Gasteiger partial charge in [0.25, 0.3) is 0 Å². The fourth-order valence-electron chi connectivity index (χ4n) is 2.45. The maximum atomic E-state index is 10.7. The summed E-state index contributed by atoms with van der Waals surface area (Å²) in [6, 6.07) is 9.11. The minimum absolute atomic E-state index is 0.0282. The molecular formula is C16H19NO4. The number of methoxy groups -OCH3 is 2. The van der Waals surface area contributed by atoms with Crippen LogP contribution in [0.4, 0.5) is 0 Å². The second-order valence-corrected chi connectivity index (χ2v) is 4.78. The van der Waals surface area contributed by atoms with Gasteiger partial charge in [-0.2, -0.15) is 0 Å². The van der Waals surface area contributed by atoms with Gasteiger partial charge in [-0.25, -0.2) is 0 Å². The van der Waals surface area contributed by atoms with E-state index in [2.05, 4.69) is 0 Å². The van der Waals surface area contributed by atoms with Crippen LogP contribution in [0.3, 0.4) is 0 Å². The van der Waals surface area contributed by atoms with Gasteiger partial charge in [-0.15, -0.1) is 0 Å². The van der Waals surface area contributed by atoms with Crippen LogP contribution in [0.5, 0.6) is 11.5 Å². The Hall–Kier alpha value is -2.27. The van der Waals surface area contributed by atoms with Crippen molar-refractivity contribution in [3.05, 3.63) is 35.9 Å². The lowest BCUT2D eigenvalue weighted by atomic mass is 9.97. The molecule has 0 bridgehead atoms. The standard InChI is InChI=1S/C16H19NO4/c1-20-14-5-3-4-11-10(14)6-7-12(16(11)21-2)13(17)8-9-15(18)19/h3-7,13H,8-9,17H2,1-2H3,(H,18,19). The number of aliphatic carboxylic acids is 1. The zero-order valence-electron chi connectivity index (χ0n) is 12.1. The van der Waals surface area contributed by atoms with Crippen molar-refractivity contribution in [3.8, 4) is 11.5 Å². The minimum atomic E-state index is -0.855. The fourth-order valence-corrected chi connectivity index (χ4v) is 2.45. The minimum Gasteiger partial charge on any atom is -0.496 e. The zero-order chi connectivity index (χ0) is 15.4. The zero-order valence-corrected chi connectivity index (χ0v) is 12.1. The Balaban J connectivity index is 2.48. The molecular weight excluding hydrogens is 270 g/mol. The van der Waals surface area contributed by atoms with Crippen molar-refractivity contribution in [3.63, 3.8) is 0 Å². The van der Waals surface area contributed by atoms with Crippen LogP contribution in [-0.4, -0.2) is 25.3 Å². The summed E-state index contributed by atoms with van der Waals surface area (Å²) in [5.41, 5.74) is 6.91. The predicted molar refractivity (Wildman–Crippen MR) is 80.9 cm³/mol. The molecule has 0 spiro atoms. The number of ether oxygens (including phenoxy) is 2. The summed E-state index contributed by atoms with van der Waals surface area (Å²) in [6.07, 6.45) is 0.391. The van der Waals surface area contributed by atoms with Crippen molar-refractivity contribution in [1.29, 1.82) is 0 Å². The second kappa shape index (κ2) is 6.45. The quantitative estimate of drug-likeness (QED) is 0.854. The largest absolute Gasteiger partial charge is 0.496 e. The van der Waals surface area contributed by atoms with Gasteiger partial charge in [-0.05, 0) is 12.5 Å². The van der Waals surface area contributed by atoms with Crippen LogP contribution in [0.15, 0.2) is 30.3 Å². The highest BCUT2D eigenvalue weighted by molar-refractivity contribution is 5.94. The maximum Gasteiger partial charge on any atom is 0.303 e. The average molecular weight is 289 g/mol. The van der Waals surface area contributed by atoms with E-state index in [0.717, 1.165) is 22.1 Å². The molecule has 0 heterocycles. The molecule has 2 aromatic carbocycles. The molecule has 0 aliphatic carbocycles. The smallest absolute Gasteiger partial charge is 0.303 e. The normalized spacial score (nSPS) is 12.1. The van der Waals surface area contributed by atoms with Gasteiger partial charge in [0.15, 0.2) is 0 Å². The summed E-state index contributed by atoms with van der Waals surface area (Å²) in [5, 5.41) is 10.6. The van der Waals surface area contributed by atoms with Gasteiger partial charge in [0.2, 0.25) is 0 Å². The first kappa shape index (κ1) is 15.1. The number of benzene rings is 2. The number of carboxylic acids is 1. The molecule has 0 aliphatic rings. The molecule has 2 rings (SSSR count). The van der Waals surface area contributed by atoms with Gasteiger partial charge in [-0.1, -0.05) is 24.3 Å². The molecule has 0 saturated carbocycles. The number of hydrogen-bond acceptors (Lipinski definition) is 4. The van der Waals surface area contributed by atoms with E-state index in [1.54, 1.807) is 14.2 Å². The third-order valence-corrected chi connectivity index (χ3v) is 3.50. The van der Waals surface area contributed by atoms with Gasteiger partial charge in [0.05, 0.1) is 14.2 Å². The third kappa shape index (κ3) is 3.08. The lowest BCUT2D eigenvalue weighted by molar-refractivity contribution is -0.137. The van der Waals surface area contributed by atoms with E-state index in [0.29, 0.717) is 12.2 Å². The molecule has 5 heteroatoms. The molecule has 0 amide bonds. The fraction of sp³-hybridized carbons (Fsp3) is 0.312. The predicted octanol–water partition coefficient (Wildman–Crippen LogP) is 2.72. The maximum absolute atomic E-state index is 10.7. The first-order chi connectivity index (χ1) is 10.1. The highest BCUT2D eigenvalue weighted by atomic mass is 16.5. The Labute approximate surface area is 123 Å². The summed E-state index contributed by atoms with van der Waals surface area (Å²) in [5.74, 6) is 0.577. The number of nitrogens with two attached hydrogens (primary N) is 1. The molecule has 2 aromatic rings. The lowest BCUT2D eigenvalue weighted by Gasteiger charge is -2.18. The molecule has 0 saturated heterocycles. The van der Waals surface area contributed by atoms with Gasteiger partial charge in [0, 0.05) is 28.8 Å². The SMILES string of the molecule is COc1cccc2c(OC)c(C(N)CCC(=O)O)ccc12. The van der Waals surface area contributed by atoms with Crippen molar-refractivity contribution in [2.75, 3.05) is 14.2 Å². The molecule has 21 heavy (non-hydrogen) atoms. The monoisotopic (exact) mass is 289 g/mol. The number of hydrogen-bond donors (Lipinski definition) is 2. The third-order valence-electron chi connectivity index (χ3n) is 3.50. The molecule has 112 valence electrons. The van der Waals surface area contributed by atoms with E-state index >= 15 is 0 Å². The van der Waals surface area contributed by atoms with Crippen LogP contribution >= 0.6 is 0 Å². The number of fused-ring (bicyclic) bond motifs is 1. The molecule has 3 N–H and O–H groups in total. The van der Waals surface area contributed by atoms with E-state index in [1.807, 2.05) is 30.3 Å². The molecule has 0 aromatic heterocycles. The molecule has 0 fully saturated rings. The number of carboxylic acid groups (broad SMARTS) is 1. The van der Waals surface area contributed by atoms with Crippen molar-refractivity contribution in [2.45, 2.75) is 18.9 Å². The summed E-state index contributed by atoms with van der Waals surface area (Å²) in [4.78, 5) is 10.7. The number of rotatable bonds is 6. The van der Waals surface area contributed by atoms with Crippen molar-refractivity contribution >= 4 is 16.7 Å². The Morgan fingerprint density at radius 3 is 2.57 bits per heavy atom. The molecule has 0 radical (unpaired) electrons. The Kier molecular flexibility index (Phi) is 4.65. The van der Waals surface area contributed by atoms with E-state index in [9.17, 15) is 4.79 Å². The molecule has 1 atom stereocenters. The van der Waals surface area contributed by atoms with Crippen LogP contribution in [0.25, 0.3) is 10.8 Å². The van der Waals surface area contributed by atoms with Crippen LogP contribution in [0.2, 0.25) is 0 Å². The Morgan fingerprint density at radius 2 is 1.95 bits per heavy atom. The first-order valence-corrected chi connectivity index (χ1v) is 6.69. The van der Waals surface area contributed by atoms with Crippen LogP contribution in [0.1, 0.15) is 24.4 Å². The lowest BCUT2D eigenvalue weighted by Crippen LogP contribution is -2.13. The van der Waals surface area contributed by atoms with Gasteiger partial charge in [-0.3, -0.25) is 4.79 Å². The van der Waals surface area contributed by atoms with Crippen molar-refractivity contribution in [2.24, 2.45) is 5.73 Å². The van der Waals surface area contributed by atoms with Crippen LogP contribution < -0.4 is 15.2 Å². The summed E-state index contributed by atoms with van der Waals surface area (Å²) < 4.78 is 10.8. The van der Waals surface area contributed by atoms with Gasteiger partial charge < -0.3 is 20.3 Å². The molecule has 1 unspecified atom stereocenters. The van der Waals surface area contributed by atoms with Crippen LogP contribution in [-0.2, 0) is 4.79 Å². The topological polar surface area (TPSA) is 81.8 Å². The van der Waals surface area contributed by atoms with Crippen molar-refractivity contribution in [1.82, 2.24) is 0 Å². The van der Waals surface area contributed by atoms with Gasteiger partial charge >= 0.3 is 5.97 Å². The van der Waals surface area contributed by atoms with Crippen LogP contribution in [0, 0.1) is 0 Å². The van der Waals surface area contributed by atoms with E-state index in [1.165, 1.54) is 0 Å². The van der Waals surface area contributed by atoms with E-state index in [-0.39, 0.29) is 12.5 Å². The second-order valence-electron chi connectivity index (χ2n) is 4.78. The number of carbonyl (C=O) groups is 1. The van der Waals surface area contributed by atoms with E-state index < -0.39 is 5.97 Å². The Morgan fingerprint density at radius 1 is 1.19 bits per heavy atom. The van der Waals surface area contributed by atoms with E-state index in [4.69, 9.17) is 20.3 Å². The highest BCUT2D eigenvalue weighted by Gasteiger charge is 2.17. The van der Waals surface area contributed by atoms with Crippen molar-refractivity contribution < 1.29 is 19.4 Å². The molecule has 5 nitrogen and oxygen atoms in total. The van der Waals surface area contributed by atoms with Gasteiger partial charge in [0.1, 0.15) is 11.5 Å².